The van der Waals surface area contributed by atoms with E-state index in [-0.39, 0.29) is 17.7 Å². The van der Waals surface area contributed by atoms with Crippen LogP contribution >= 0.6 is 0 Å². The van der Waals surface area contributed by atoms with Crippen LogP contribution < -0.4 is 10.2 Å². The zero-order valence-corrected chi connectivity index (χ0v) is 19.4. The molecule has 2 saturated heterocycles. The third-order valence-corrected chi connectivity index (χ3v) is 7.15. The molecule has 0 bridgehead atoms. The van der Waals surface area contributed by atoms with Crippen LogP contribution in [-0.2, 0) is 4.79 Å². The van der Waals surface area contributed by atoms with E-state index in [0.29, 0.717) is 11.8 Å². The van der Waals surface area contributed by atoms with Crippen molar-refractivity contribution in [2.24, 2.45) is 17.8 Å². The van der Waals surface area contributed by atoms with Gasteiger partial charge in [0.15, 0.2) is 0 Å². The van der Waals surface area contributed by atoms with Crippen LogP contribution in [0.2, 0.25) is 0 Å². The molecule has 3 aliphatic rings. The zero-order valence-electron chi connectivity index (χ0n) is 19.4. The number of nitrogens with zero attached hydrogens (tertiary/aromatic N) is 3. The summed E-state index contributed by atoms with van der Waals surface area (Å²) < 4.78 is 0. The van der Waals surface area contributed by atoms with E-state index in [1.54, 1.807) is 0 Å². The molecule has 2 heterocycles. The van der Waals surface area contributed by atoms with Gasteiger partial charge in [-0.2, -0.15) is 0 Å². The molecule has 1 atom stereocenters. The maximum absolute atomic E-state index is 13.5. The maximum Gasteiger partial charge on any atom is 0.256 e. The molecule has 31 heavy (non-hydrogen) atoms. The van der Waals surface area contributed by atoms with Crippen molar-refractivity contribution >= 4 is 23.2 Å². The van der Waals surface area contributed by atoms with E-state index < -0.39 is 0 Å². The second-order valence-electron chi connectivity index (χ2n) is 9.87. The van der Waals surface area contributed by atoms with E-state index in [4.69, 9.17) is 0 Å². The van der Waals surface area contributed by atoms with Crippen molar-refractivity contribution in [3.05, 3.63) is 23.8 Å². The number of carbonyl (C=O) groups excluding carboxylic acids is 2. The lowest BCUT2D eigenvalue weighted by Crippen LogP contribution is -2.49. The van der Waals surface area contributed by atoms with Crippen molar-refractivity contribution in [2.45, 2.75) is 46.5 Å². The molecule has 0 radical (unpaired) electrons. The van der Waals surface area contributed by atoms with Crippen LogP contribution in [0.15, 0.2) is 18.2 Å². The summed E-state index contributed by atoms with van der Waals surface area (Å²) in [5.74, 6) is 1.68. The molecular weight excluding hydrogens is 388 g/mol. The molecule has 2 aliphatic heterocycles. The first-order valence-corrected chi connectivity index (χ1v) is 12.2. The van der Waals surface area contributed by atoms with Gasteiger partial charge < -0.3 is 15.1 Å². The summed E-state index contributed by atoms with van der Waals surface area (Å²) in [6.45, 7) is 13.3. The first kappa shape index (κ1) is 22.1. The highest BCUT2D eigenvalue weighted by molar-refractivity contribution is 6.02. The summed E-state index contributed by atoms with van der Waals surface area (Å²) in [6.07, 6.45) is 4.28. The third-order valence-electron chi connectivity index (χ3n) is 7.15. The summed E-state index contributed by atoms with van der Waals surface area (Å²) in [6, 6.07) is 5.87. The Bertz CT molecular complexity index is 797. The molecule has 0 aromatic heterocycles. The standard InChI is InChI=1S/C25H38N4O2/c1-4-10-27-12-14-28(15-13-27)25(31)22-8-7-21(26-24(30)19-5-6-19)16-23(22)29-11-9-20(17-29)18(2)3/h7-8,16,18-20H,4-6,9-15,17H2,1-3H3,(H,26,30). The van der Waals surface area contributed by atoms with Gasteiger partial charge in [0, 0.05) is 50.9 Å². The Morgan fingerprint density at radius 2 is 1.81 bits per heavy atom. The molecule has 2 amide bonds. The van der Waals surface area contributed by atoms with Crippen molar-refractivity contribution in [3.8, 4) is 0 Å². The number of benzene rings is 1. The fraction of sp³-hybridized carbons (Fsp3) is 0.680. The molecule has 1 aromatic rings. The molecular formula is C25H38N4O2. The smallest absolute Gasteiger partial charge is 0.256 e. The predicted octanol–water partition coefficient (Wildman–Crippen LogP) is 3.69. The monoisotopic (exact) mass is 426 g/mol. The predicted molar refractivity (Wildman–Crippen MR) is 126 cm³/mol. The Morgan fingerprint density at radius 3 is 2.42 bits per heavy atom. The molecule has 1 unspecified atom stereocenters. The van der Waals surface area contributed by atoms with Crippen molar-refractivity contribution in [2.75, 3.05) is 56.0 Å². The summed E-state index contributed by atoms with van der Waals surface area (Å²) in [7, 11) is 0. The number of amides is 2. The minimum absolute atomic E-state index is 0.110. The van der Waals surface area contributed by atoms with Crippen molar-refractivity contribution < 1.29 is 9.59 Å². The Kier molecular flexibility index (Phi) is 6.85. The van der Waals surface area contributed by atoms with Crippen molar-refractivity contribution in [1.82, 2.24) is 9.80 Å². The van der Waals surface area contributed by atoms with Crippen molar-refractivity contribution in [3.63, 3.8) is 0 Å². The minimum atomic E-state index is 0.110. The molecule has 4 rings (SSSR count). The van der Waals surface area contributed by atoms with Crippen LogP contribution in [0.4, 0.5) is 11.4 Å². The Balaban J connectivity index is 1.54. The molecule has 1 aliphatic carbocycles. The fourth-order valence-electron chi connectivity index (χ4n) is 4.85. The Labute approximate surface area is 187 Å². The number of nitrogens with one attached hydrogen (secondary N) is 1. The number of anilines is 2. The van der Waals surface area contributed by atoms with E-state index in [1.807, 2.05) is 23.1 Å². The van der Waals surface area contributed by atoms with Gasteiger partial charge in [-0.05, 0) is 62.3 Å². The molecule has 6 heteroatoms. The fourth-order valence-corrected chi connectivity index (χ4v) is 4.85. The van der Waals surface area contributed by atoms with Crippen LogP contribution in [0.25, 0.3) is 0 Å². The Hall–Kier alpha value is -2.08. The van der Waals surface area contributed by atoms with Gasteiger partial charge in [0.1, 0.15) is 0 Å². The maximum atomic E-state index is 13.5. The van der Waals surface area contributed by atoms with E-state index in [2.05, 4.69) is 35.9 Å². The molecule has 3 fully saturated rings. The van der Waals surface area contributed by atoms with E-state index >= 15 is 0 Å². The van der Waals surface area contributed by atoms with Gasteiger partial charge in [-0.15, -0.1) is 0 Å². The highest BCUT2D eigenvalue weighted by atomic mass is 16.2. The summed E-state index contributed by atoms with van der Waals surface area (Å²) in [4.78, 5) is 32.6. The van der Waals surface area contributed by atoms with Gasteiger partial charge in [-0.25, -0.2) is 0 Å². The topological polar surface area (TPSA) is 55.9 Å². The first-order valence-electron chi connectivity index (χ1n) is 12.2. The number of hydrogen-bond donors (Lipinski definition) is 1. The highest BCUT2D eigenvalue weighted by Gasteiger charge is 2.32. The quantitative estimate of drug-likeness (QED) is 0.723. The number of rotatable bonds is 7. The van der Waals surface area contributed by atoms with Crippen LogP contribution in [0, 0.1) is 17.8 Å². The van der Waals surface area contributed by atoms with Gasteiger partial charge in [0.2, 0.25) is 5.91 Å². The number of hydrogen-bond acceptors (Lipinski definition) is 4. The van der Waals surface area contributed by atoms with Gasteiger partial charge in [-0.3, -0.25) is 14.5 Å². The Morgan fingerprint density at radius 1 is 1.06 bits per heavy atom. The van der Waals surface area contributed by atoms with Crippen molar-refractivity contribution in [1.29, 1.82) is 0 Å². The molecule has 6 nitrogen and oxygen atoms in total. The number of carbonyl (C=O) groups is 2. The van der Waals surface area contributed by atoms with Gasteiger partial charge in [-0.1, -0.05) is 20.8 Å². The van der Waals surface area contributed by atoms with Crippen LogP contribution in [0.3, 0.4) is 0 Å². The van der Waals surface area contributed by atoms with E-state index in [9.17, 15) is 9.59 Å². The second-order valence-corrected chi connectivity index (χ2v) is 9.87. The van der Waals surface area contributed by atoms with Crippen LogP contribution in [0.1, 0.15) is 56.8 Å². The molecule has 1 aromatic carbocycles. The molecule has 1 N–H and O–H groups in total. The lowest BCUT2D eigenvalue weighted by Gasteiger charge is -2.35. The number of piperazine rings is 1. The lowest BCUT2D eigenvalue weighted by atomic mass is 9.95. The SMILES string of the molecule is CCCN1CCN(C(=O)c2ccc(NC(=O)C3CC3)cc2N2CCC(C(C)C)C2)CC1. The van der Waals surface area contributed by atoms with Gasteiger partial charge in [0.05, 0.1) is 11.3 Å². The van der Waals surface area contributed by atoms with Gasteiger partial charge in [0.25, 0.3) is 5.91 Å². The molecule has 0 spiro atoms. The summed E-state index contributed by atoms with van der Waals surface area (Å²) in [5.41, 5.74) is 2.57. The molecule has 170 valence electrons. The largest absolute Gasteiger partial charge is 0.371 e. The second kappa shape index (κ2) is 9.60. The molecule has 1 saturated carbocycles. The zero-order chi connectivity index (χ0) is 22.0. The third kappa shape index (κ3) is 5.22. The highest BCUT2D eigenvalue weighted by Crippen LogP contribution is 2.34. The van der Waals surface area contributed by atoms with E-state index in [0.717, 1.165) is 88.4 Å². The first-order chi connectivity index (χ1) is 15.0. The lowest BCUT2D eigenvalue weighted by molar-refractivity contribution is -0.117. The van der Waals surface area contributed by atoms with Gasteiger partial charge >= 0.3 is 0 Å². The van der Waals surface area contributed by atoms with E-state index in [1.165, 1.54) is 0 Å². The summed E-state index contributed by atoms with van der Waals surface area (Å²) >= 11 is 0. The summed E-state index contributed by atoms with van der Waals surface area (Å²) in [5, 5.41) is 3.07. The van der Waals surface area contributed by atoms with Crippen LogP contribution in [-0.4, -0.2) is 67.4 Å². The average molecular weight is 427 g/mol. The normalized spacial score (nSPS) is 22.3. The van der Waals surface area contributed by atoms with Crippen LogP contribution in [0.5, 0.6) is 0 Å². The average Bonchev–Trinajstić information content (AvgIpc) is 3.50. The minimum Gasteiger partial charge on any atom is -0.371 e.